The lowest BCUT2D eigenvalue weighted by molar-refractivity contribution is -0.116. The predicted octanol–water partition coefficient (Wildman–Crippen LogP) is 3.37. The van der Waals surface area contributed by atoms with Crippen molar-refractivity contribution in [2.75, 3.05) is 24.4 Å². The van der Waals surface area contributed by atoms with E-state index in [0.717, 1.165) is 29.2 Å². The molecule has 1 saturated heterocycles. The van der Waals surface area contributed by atoms with E-state index in [1.807, 2.05) is 0 Å². The molecule has 3 aromatic heterocycles. The van der Waals surface area contributed by atoms with Crippen LogP contribution in [0.1, 0.15) is 39.2 Å². The predicted molar refractivity (Wildman–Crippen MR) is 136 cm³/mol. The van der Waals surface area contributed by atoms with Crippen molar-refractivity contribution >= 4 is 55.5 Å². The zero-order valence-corrected chi connectivity index (χ0v) is 21.1. The molecule has 11 nitrogen and oxygen atoms in total. The first kappa shape index (κ1) is 24.0. The van der Waals surface area contributed by atoms with Crippen molar-refractivity contribution in [2.24, 2.45) is 0 Å². The Morgan fingerprint density at radius 1 is 1.22 bits per heavy atom. The number of ether oxygens (including phenoxy) is 2. The Balaban J connectivity index is 1.33. The van der Waals surface area contributed by atoms with E-state index in [1.54, 1.807) is 31.2 Å². The van der Waals surface area contributed by atoms with Gasteiger partial charge in [0.15, 0.2) is 0 Å². The zero-order valence-electron chi connectivity index (χ0n) is 19.4. The summed E-state index contributed by atoms with van der Waals surface area (Å²) >= 11 is 2.37. The average molecular weight is 527 g/mol. The molecule has 2 amide bonds. The molecule has 1 atom stereocenters. The number of para-hydroxylation sites is 2. The molecule has 36 heavy (non-hydrogen) atoms. The number of nitrogens with zero attached hydrogens (tertiary/aromatic N) is 4. The molecule has 1 unspecified atom stereocenters. The molecule has 1 aliphatic heterocycles. The number of carbonyl (C=O) groups is 2. The SMILES string of the molecule is COc1ccccc1NC(=O)c1sc2ncn(CC(=O)Nc3nnc(C4CCCO4)s3)c(=O)c2c1C. The van der Waals surface area contributed by atoms with Crippen molar-refractivity contribution in [1.29, 1.82) is 0 Å². The second kappa shape index (κ2) is 10.1. The van der Waals surface area contributed by atoms with E-state index in [0.29, 0.717) is 43.8 Å². The summed E-state index contributed by atoms with van der Waals surface area (Å²) in [5.74, 6) is -0.285. The van der Waals surface area contributed by atoms with Gasteiger partial charge in [-0.1, -0.05) is 23.5 Å². The minimum Gasteiger partial charge on any atom is -0.495 e. The van der Waals surface area contributed by atoms with Gasteiger partial charge in [-0.05, 0) is 37.5 Å². The number of methoxy groups -OCH3 is 1. The van der Waals surface area contributed by atoms with Gasteiger partial charge in [0.1, 0.15) is 28.2 Å². The number of hydrogen-bond donors (Lipinski definition) is 2. The summed E-state index contributed by atoms with van der Waals surface area (Å²) in [5.41, 5.74) is 0.612. The van der Waals surface area contributed by atoms with Crippen LogP contribution in [0, 0.1) is 6.92 Å². The van der Waals surface area contributed by atoms with Crippen molar-refractivity contribution in [3.63, 3.8) is 0 Å². The summed E-state index contributed by atoms with van der Waals surface area (Å²) in [7, 11) is 1.52. The molecule has 1 aromatic carbocycles. The zero-order chi connectivity index (χ0) is 25.2. The molecule has 4 aromatic rings. The van der Waals surface area contributed by atoms with Crippen LogP contribution in [-0.4, -0.2) is 45.3 Å². The van der Waals surface area contributed by atoms with Crippen molar-refractivity contribution in [1.82, 2.24) is 19.7 Å². The fourth-order valence-electron chi connectivity index (χ4n) is 3.92. The molecule has 2 N–H and O–H groups in total. The summed E-state index contributed by atoms with van der Waals surface area (Å²) in [6.07, 6.45) is 3.07. The molecule has 4 heterocycles. The fourth-order valence-corrected chi connectivity index (χ4v) is 5.79. The number of hydrogen-bond acceptors (Lipinski definition) is 10. The Labute approximate surface area is 213 Å². The van der Waals surface area contributed by atoms with Crippen LogP contribution in [-0.2, 0) is 16.1 Å². The Hall–Kier alpha value is -3.68. The lowest BCUT2D eigenvalue weighted by Gasteiger charge is -2.09. The number of benzene rings is 1. The number of amides is 2. The maximum Gasteiger partial charge on any atom is 0.266 e. The standard InChI is InChI=1S/C23H22N6O5S2/c1-12-17-21(35-18(12)19(31)25-13-6-3-4-7-14(13)33-2)24-11-29(22(17)32)10-16(30)26-23-28-27-20(36-23)15-8-5-9-34-15/h3-4,6-7,11,15H,5,8-10H2,1-2H3,(H,25,31)(H,26,28,30). The lowest BCUT2D eigenvalue weighted by atomic mass is 10.2. The van der Waals surface area contributed by atoms with Crippen LogP contribution >= 0.6 is 22.7 Å². The molecule has 186 valence electrons. The normalized spacial score (nSPS) is 15.2. The molecule has 1 fully saturated rings. The number of fused-ring (bicyclic) bond motifs is 1. The van der Waals surface area contributed by atoms with Gasteiger partial charge in [0.25, 0.3) is 11.5 Å². The molecule has 0 saturated carbocycles. The van der Waals surface area contributed by atoms with E-state index in [1.165, 1.54) is 29.3 Å². The summed E-state index contributed by atoms with van der Waals surface area (Å²) in [4.78, 5) is 43.8. The Bertz CT molecular complexity index is 1500. The van der Waals surface area contributed by atoms with Gasteiger partial charge in [-0.25, -0.2) is 4.98 Å². The van der Waals surface area contributed by atoms with E-state index < -0.39 is 11.5 Å². The first-order chi connectivity index (χ1) is 17.4. The molecule has 0 radical (unpaired) electrons. The second-order valence-corrected chi connectivity index (χ2v) is 10.1. The fraction of sp³-hybridized carbons (Fsp3) is 0.304. The number of thiophene rings is 1. The highest BCUT2D eigenvalue weighted by atomic mass is 32.1. The first-order valence-corrected chi connectivity index (χ1v) is 12.8. The molecule has 0 bridgehead atoms. The number of aryl methyl sites for hydroxylation is 1. The van der Waals surface area contributed by atoms with Gasteiger partial charge in [0.05, 0.1) is 29.4 Å². The Morgan fingerprint density at radius 3 is 2.83 bits per heavy atom. The smallest absolute Gasteiger partial charge is 0.266 e. The van der Waals surface area contributed by atoms with Gasteiger partial charge < -0.3 is 14.8 Å². The van der Waals surface area contributed by atoms with Crippen LogP contribution in [0.15, 0.2) is 35.4 Å². The number of carbonyl (C=O) groups excluding carboxylic acids is 2. The van der Waals surface area contributed by atoms with Gasteiger partial charge in [-0.15, -0.1) is 21.5 Å². The average Bonchev–Trinajstić information content (AvgIpc) is 3.62. The number of anilines is 2. The highest BCUT2D eigenvalue weighted by molar-refractivity contribution is 7.20. The maximum atomic E-state index is 13.2. The van der Waals surface area contributed by atoms with Crippen LogP contribution in [0.25, 0.3) is 10.2 Å². The third-order valence-electron chi connectivity index (χ3n) is 5.68. The van der Waals surface area contributed by atoms with Crippen molar-refractivity contribution < 1.29 is 19.1 Å². The van der Waals surface area contributed by atoms with Crippen LogP contribution in [0.5, 0.6) is 5.75 Å². The maximum absolute atomic E-state index is 13.2. The van der Waals surface area contributed by atoms with Crippen LogP contribution in [0.2, 0.25) is 0 Å². The van der Waals surface area contributed by atoms with Gasteiger partial charge in [-0.3, -0.25) is 24.3 Å². The summed E-state index contributed by atoms with van der Waals surface area (Å²) in [6.45, 7) is 2.13. The number of nitrogens with one attached hydrogen (secondary N) is 2. The second-order valence-electron chi connectivity index (χ2n) is 8.06. The third kappa shape index (κ3) is 4.72. The molecule has 1 aliphatic rings. The van der Waals surface area contributed by atoms with Crippen LogP contribution in [0.4, 0.5) is 10.8 Å². The topological polar surface area (TPSA) is 137 Å². The summed E-state index contributed by atoms with van der Waals surface area (Å²) < 4.78 is 12.1. The number of rotatable bonds is 7. The Morgan fingerprint density at radius 2 is 2.06 bits per heavy atom. The van der Waals surface area contributed by atoms with Gasteiger partial charge in [0, 0.05) is 6.61 Å². The van der Waals surface area contributed by atoms with Gasteiger partial charge >= 0.3 is 0 Å². The van der Waals surface area contributed by atoms with Crippen LogP contribution in [0.3, 0.4) is 0 Å². The number of aromatic nitrogens is 4. The van der Waals surface area contributed by atoms with E-state index in [9.17, 15) is 14.4 Å². The highest BCUT2D eigenvalue weighted by Gasteiger charge is 2.23. The highest BCUT2D eigenvalue weighted by Crippen LogP contribution is 2.32. The minimum absolute atomic E-state index is 0.0849. The minimum atomic E-state index is -0.435. The molecule has 5 rings (SSSR count). The molecular weight excluding hydrogens is 504 g/mol. The van der Waals surface area contributed by atoms with E-state index in [-0.39, 0.29) is 18.6 Å². The molecular formula is C23H22N6O5S2. The Kier molecular flexibility index (Phi) is 6.76. The third-order valence-corrected chi connectivity index (χ3v) is 7.81. The summed E-state index contributed by atoms with van der Waals surface area (Å²) in [5, 5.41) is 15.0. The monoisotopic (exact) mass is 526 g/mol. The van der Waals surface area contributed by atoms with E-state index >= 15 is 0 Å². The summed E-state index contributed by atoms with van der Waals surface area (Å²) in [6, 6.07) is 7.05. The van der Waals surface area contributed by atoms with Crippen LogP contribution < -0.4 is 20.9 Å². The molecule has 0 aliphatic carbocycles. The van der Waals surface area contributed by atoms with Crippen molar-refractivity contribution in [2.45, 2.75) is 32.4 Å². The lowest BCUT2D eigenvalue weighted by Crippen LogP contribution is -2.27. The van der Waals surface area contributed by atoms with Crippen molar-refractivity contribution in [3.05, 3.63) is 56.4 Å². The van der Waals surface area contributed by atoms with Gasteiger partial charge in [0.2, 0.25) is 11.0 Å². The largest absolute Gasteiger partial charge is 0.495 e. The van der Waals surface area contributed by atoms with Gasteiger partial charge in [-0.2, -0.15) is 0 Å². The van der Waals surface area contributed by atoms with E-state index in [4.69, 9.17) is 9.47 Å². The molecule has 0 spiro atoms. The quantitative estimate of drug-likeness (QED) is 0.374. The molecule has 13 heteroatoms. The first-order valence-electron chi connectivity index (χ1n) is 11.1. The van der Waals surface area contributed by atoms with Crippen molar-refractivity contribution in [3.8, 4) is 5.75 Å². The van der Waals surface area contributed by atoms with E-state index in [2.05, 4.69) is 25.8 Å².